The average molecular weight is 420 g/mol. The number of hydrogen-bond acceptors (Lipinski definition) is 1. The molecule has 0 spiro atoms. The van der Waals surface area contributed by atoms with Crippen molar-refractivity contribution in [1.82, 2.24) is 0 Å². The monoisotopic (exact) mass is 420 g/mol. The van der Waals surface area contributed by atoms with Crippen LogP contribution >= 0.6 is 0 Å². The van der Waals surface area contributed by atoms with Crippen LogP contribution in [-0.4, -0.2) is 6.10 Å². The van der Waals surface area contributed by atoms with Gasteiger partial charge in [-0.25, -0.2) is 4.39 Å². The van der Waals surface area contributed by atoms with Crippen molar-refractivity contribution >= 4 is 0 Å². The highest BCUT2D eigenvalue weighted by atomic mass is 19.4. The molecule has 0 amide bonds. The van der Waals surface area contributed by atoms with Crippen LogP contribution in [-0.2, 0) is 19.0 Å². The predicted octanol–water partition coefficient (Wildman–Crippen LogP) is 7.32. The van der Waals surface area contributed by atoms with Crippen LogP contribution in [0.1, 0.15) is 67.7 Å². The Bertz CT molecular complexity index is 879. The lowest BCUT2D eigenvalue weighted by molar-refractivity contribution is -0.137. The molecule has 2 aromatic carbocycles. The first-order valence-electron chi connectivity index (χ1n) is 10.9. The van der Waals surface area contributed by atoms with Crippen molar-refractivity contribution in [3.8, 4) is 5.75 Å². The lowest BCUT2D eigenvalue weighted by atomic mass is 9.73. The zero-order chi connectivity index (χ0) is 21.5. The summed E-state index contributed by atoms with van der Waals surface area (Å²) >= 11 is 0. The molecular weight excluding hydrogens is 392 g/mol. The van der Waals surface area contributed by atoms with Crippen LogP contribution in [0.5, 0.6) is 5.75 Å². The fourth-order valence-corrected chi connectivity index (χ4v) is 5.20. The van der Waals surface area contributed by atoms with Gasteiger partial charge in [-0.05, 0) is 91.2 Å². The first kappa shape index (κ1) is 21.2. The van der Waals surface area contributed by atoms with E-state index in [0.717, 1.165) is 55.2 Å². The minimum atomic E-state index is -4.30. The van der Waals surface area contributed by atoms with Crippen molar-refractivity contribution in [2.45, 2.75) is 70.6 Å². The maximum atomic E-state index is 14.6. The predicted molar refractivity (Wildman–Crippen MR) is 109 cm³/mol. The molecule has 1 fully saturated rings. The van der Waals surface area contributed by atoms with E-state index in [9.17, 15) is 17.6 Å². The van der Waals surface area contributed by atoms with E-state index in [1.165, 1.54) is 12.1 Å². The summed E-state index contributed by atoms with van der Waals surface area (Å²) in [4.78, 5) is 0. The molecular formula is C25H28F4O. The summed E-state index contributed by atoms with van der Waals surface area (Å²) in [5.41, 5.74) is 2.34. The zero-order valence-electron chi connectivity index (χ0n) is 17.4. The number of benzene rings is 2. The third-order valence-corrected chi connectivity index (χ3v) is 6.89. The van der Waals surface area contributed by atoms with E-state index in [2.05, 4.69) is 13.0 Å². The van der Waals surface area contributed by atoms with E-state index >= 15 is 0 Å². The molecule has 1 aliphatic carbocycles. The second-order valence-corrected chi connectivity index (χ2v) is 8.91. The van der Waals surface area contributed by atoms with Crippen molar-refractivity contribution in [1.29, 1.82) is 0 Å². The molecule has 2 unspecified atom stereocenters. The van der Waals surface area contributed by atoms with Gasteiger partial charge in [0, 0.05) is 0 Å². The Morgan fingerprint density at radius 3 is 2.27 bits per heavy atom. The van der Waals surface area contributed by atoms with Crippen molar-refractivity contribution in [2.75, 3.05) is 0 Å². The highest BCUT2D eigenvalue weighted by Gasteiger charge is 2.37. The van der Waals surface area contributed by atoms with Gasteiger partial charge < -0.3 is 4.74 Å². The summed E-state index contributed by atoms with van der Waals surface area (Å²) in [6, 6.07) is 9.23. The molecule has 0 bridgehead atoms. The molecule has 1 aliphatic heterocycles. The summed E-state index contributed by atoms with van der Waals surface area (Å²) < 4.78 is 59.2. The number of alkyl halides is 3. The molecule has 1 heterocycles. The zero-order valence-corrected chi connectivity index (χ0v) is 17.4. The Hall–Kier alpha value is -2.04. The average Bonchev–Trinajstić information content (AvgIpc) is 2.73. The van der Waals surface area contributed by atoms with Crippen molar-refractivity contribution in [2.24, 2.45) is 11.8 Å². The van der Waals surface area contributed by atoms with Crippen molar-refractivity contribution in [3.05, 3.63) is 64.5 Å². The van der Waals surface area contributed by atoms with Gasteiger partial charge in [-0.1, -0.05) is 32.0 Å². The van der Waals surface area contributed by atoms with E-state index in [1.807, 2.05) is 6.92 Å². The van der Waals surface area contributed by atoms with Gasteiger partial charge in [0.1, 0.15) is 6.10 Å². The molecule has 1 nitrogen and oxygen atoms in total. The minimum Gasteiger partial charge on any atom is -0.486 e. The molecule has 2 aromatic rings. The number of aryl methyl sites for hydroxylation is 1. The Morgan fingerprint density at radius 2 is 1.67 bits per heavy atom. The van der Waals surface area contributed by atoms with Gasteiger partial charge in [0.25, 0.3) is 0 Å². The second-order valence-electron chi connectivity index (χ2n) is 8.91. The highest BCUT2D eigenvalue weighted by molar-refractivity contribution is 5.41. The lowest BCUT2D eigenvalue weighted by Gasteiger charge is -2.40. The van der Waals surface area contributed by atoms with Crippen LogP contribution < -0.4 is 4.74 Å². The normalized spacial score (nSPS) is 26.7. The summed E-state index contributed by atoms with van der Waals surface area (Å²) in [6.45, 7) is 4.19. The van der Waals surface area contributed by atoms with Gasteiger partial charge in [-0.3, -0.25) is 0 Å². The van der Waals surface area contributed by atoms with Crippen LogP contribution in [0, 0.1) is 17.7 Å². The van der Waals surface area contributed by atoms with E-state index in [0.29, 0.717) is 17.6 Å². The number of fused-ring (bicyclic) bond motifs is 1. The van der Waals surface area contributed by atoms with Gasteiger partial charge in [-0.15, -0.1) is 0 Å². The van der Waals surface area contributed by atoms with Gasteiger partial charge in [0.15, 0.2) is 11.6 Å². The Kier molecular flexibility index (Phi) is 5.82. The number of ether oxygens (including phenoxy) is 1. The standard InChI is InChI=1S/C25H28F4O/c1-3-16-13-20-12-15(2)23(30-24(20)22(26)14-16)19-6-4-17(5-7-19)18-8-10-21(11-9-18)25(27,28)29/h8-11,13-15,17,19,23H,3-7,12H2,1-2H3. The number of rotatable bonds is 3. The summed E-state index contributed by atoms with van der Waals surface area (Å²) in [7, 11) is 0. The van der Waals surface area contributed by atoms with Gasteiger partial charge in [-0.2, -0.15) is 13.2 Å². The molecule has 162 valence electrons. The molecule has 1 saturated carbocycles. The summed E-state index contributed by atoms with van der Waals surface area (Å²) in [6.07, 6.45) is 1.07. The topological polar surface area (TPSA) is 9.23 Å². The first-order chi connectivity index (χ1) is 14.3. The maximum Gasteiger partial charge on any atom is 0.416 e. The molecule has 0 saturated heterocycles. The van der Waals surface area contributed by atoms with Gasteiger partial charge >= 0.3 is 6.18 Å². The molecule has 5 heteroatoms. The third kappa shape index (κ3) is 4.21. The van der Waals surface area contributed by atoms with E-state index < -0.39 is 11.7 Å². The quantitative estimate of drug-likeness (QED) is 0.473. The third-order valence-electron chi connectivity index (χ3n) is 6.89. The first-order valence-corrected chi connectivity index (χ1v) is 10.9. The Balaban J connectivity index is 1.42. The maximum absolute atomic E-state index is 14.6. The van der Waals surface area contributed by atoms with E-state index in [4.69, 9.17) is 4.74 Å². The largest absolute Gasteiger partial charge is 0.486 e. The highest BCUT2D eigenvalue weighted by Crippen LogP contribution is 2.43. The summed E-state index contributed by atoms with van der Waals surface area (Å²) in [5, 5.41) is 0. The number of halogens is 4. The summed E-state index contributed by atoms with van der Waals surface area (Å²) in [5.74, 6) is 1.10. The van der Waals surface area contributed by atoms with Gasteiger partial charge in [0.2, 0.25) is 0 Å². The van der Waals surface area contributed by atoms with E-state index in [1.54, 1.807) is 18.2 Å². The molecule has 0 N–H and O–H groups in total. The van der Waals surface area contributed by atoms with Crippen LogP contribution in [0.2, 0.25) is 0 Å². The van der Waals surface area contributed by atoms with Crippen LogP contribution in [0.25, 0.3) is 0 Å². The Labute approximate surface area is 175 Å². The van der Waals surface area contributed by atoms with E-state index in [-0.39, 0.29) is 17.8 Å². The van der Waals surface area contributed by atoms with Crippen LogP contribution in [0.4, 0.5) is 17.6 Å². The molecule has 0 aromatic heterocycles. The van der Waals surface area contributed by atoms with Crippen LogP contribution in [0.15, 0.2) is 36.4 Å². The minimum absolute atomic E-state index is 0.00645. The second kappa shape index (κ2) is 8.24. The fourth-order valence-electron chi connectivity index (χ4n) is 5.20. The number of hydrogen-bond donors (Lipinski definition) is 0. The fraction of sp³-hybridized carbons (Fsp3) is 0.520. The van der Waals surface area contributed by atoms with Crippen LogP contribution in [0.3, 0.4) is 0 Å². The van der Waals surface area contributed by atoms with Crippen molar-refractivity contribution < 1.29 is 22.3 Å². The molecule has 2 aliphatic rings. The molecule has 30 heavy (non-hydrogen) atoms. The van der Waals surface area contributed by atoms with Crippen molar-refractivity contribution in [3.63, 3.8) is 0 Å². The molecule has 4 rings (SSSR count). The SMILES string of the molecule is CCc1cc(F)c2c(c1)CC(C)C(C1CCC(c3ccc(C(F)(F)F)cc3)CC1)O2. The lowest BCUT2D eigenvalue weighted by Crippen LogP contribution is -2.39. The smallest absolute Gasteiger partial charge is 0.416 e. The van der Waals surface area contributed by atoms with Gasteiger partial charge in [0.05, 0.1) is 5.56 Å². The Morgan fingerprint density at radius 1 is 1.00 bits per heavy atom. The molecule has 2 atom stereocenters. The molecule has 0 radical (unpaired) electrons.